The van der Waals surface area contributed by atoms with E-state index in [1.807, 2.05) is 6.92 Å². The van der Waals surface area contributed by atoms with E-state index in [9.17, 15) is 14.7 Å². The Morgan fingerprint density at radius 1 is 1.11 bits per heavy atom. The average Bonchev–Trinajstić information content (AvgIpc) is 3.09. The van der Waals surface area contributed by atoms with Crippen molar-refractivity contribution in [2.24, 2.45) is 0 Å². The van der Waals surface area contributed by atoms with Crippen molar-refractivity contribution >= 4 is 40.7 Å². The number of carbonyl (C=O) groups is 2. The predicted octanol–water partition coefficient (Wildman–Crippen LogP) is 4.45. The maximum atomic E-state index is 13.2. The quantitative estimate of drug-likeness (QED) is 0.331. The highest BCUT2D eigenvalue weighted by molar-refractivity contribution is 6.47. The van der Waals surface area contributed by atoms with E-state index < -0.39 is 17.7 Å². The molecular formula is C26H28Cl2N2O5. The Bertz CT molecular complexity index is 1160. The number of aryl methyl sites for hydroxylation is 1. The number of rotatable bonds is 7. The number of amides is 1. The average molecular weight is 519 g/mol. The van der Waals surface area contributed by atoms with Gasteiger partial charge in [-0.25, -0.2) is 0 Å². The Morgan fingerprint density at radius 3 is 2.51 bits per heavy atom. The summed E-state index contributed by atoms with van der Waals surface area (Å²) >= 11 is 12.6. The number of ketones is 1. The van der Waals surface area contributed by atoms with Gasteiger partial charge in [0.15, 0.2) is 0 Å². The van der Waals surface area contributed by atoms with Crippen molar-refractivity contribution in [2.75, 3.05) is 46.5 Å². The maximum absolute atomic E-state index is 13.2. The molecule has 0 bridgehead atoms. The molecular weight excluding hydrogens is 491 g/mol. The van der Waals surface area contributed by atoms with Crippen molar-refractivity contribution in [3.63, 3.8) is 0 Å². The summed E-state index contributed by atoms with van der Waals surface area (Å²) in [6, 6.07) is 9.20. The molecule has 2 aliphatic rings. The minimum absolute atomic E-state index is 0.00941. The molecule has 2 aliphatic heterocycles. The first kappa shape index (κ1) is 25.5. The molecule has 4 rings (SSSR count). The molecule has 0 unspecified atom stereocenters. The van der Waals surface area contributed by atoms with Crippen molar-refractivity contribution in [3.05, 3.63) is 68.7 Å². The Labute approximate surface area is 214 Å². The van der Waals surface area contributed by atoms with E-state index >= 15 is 0 Å². The van der Waals surface area contributed by atoms with Gasteiger partial charge in [-0.2, -0.15) is 0 Å². The van der Waals surface area contributed by atoms with Crippen molar-refractivity contribution in [3.8, 4) is 5.75 Å². The molecule has 9 heteroatoms. The van der Waals surface area contributed by atoms with E-state index in [0.29, 0.717) is 53.1 Å². The lowest BCUT2D eigenvalue weighted by atomic mass is 9.94. The Morgan fingerprint density at radius 2 is 1.86 bits per heavy atom. The van der Waals surface area contributed by atoms with Crippen LogP contribution in [-0.4, -0.2) is 73.1 Å². The summed E-state index contributed by atoms with van der Waals surface area (Å²) in [6.07, 6.45) is 0.663. The van der Waals surface area contributed by atoms with Gasteiger partial charge < -0.3 is 19.5 Å². The summed E-state index contributed by atoms with van der Waals surface area (Å²) in [7, 11) is 1.56. The third kappa shape index (κ3) is 5.33. The van der Waals surface area contributed by atoms with Gasteiger partial charge in [0.1, 0.15) is 11.5 Å². The first-order valence-electron chi connectivity index (χ1n) is 11.5. The molecule has 2 saturated heterocycles. The van der Waals surface area contributed by atoms with Gasteiger partial charge >= 0.3 is 0 Å². The molecule has 1 atom stereocenters. The van der Waals surface area contributed by atoms with E-state index in [2.05, 4.69) is 4.90 Å². The largest absolute Gasteiger partial charge is 0.507 e. The van der Waals surface area contributed by atoms with E-state index in [-0.39, 0.29) is 11.3 Å². The van der Waals surface area contributed by atoms with Crippen LogP contribution in [0.5, 0.6) is 5.75 Å². The first-order valence-corrected chi connectivity index (χ1v) is 12.3. The minimum atomic E-state index is -0.827. The predicted molar refractivity (Wildman–Crippen MR) is 135 cm³/mol. The number of aliphatic hydroxyl groups excluding tert-OH is 1. The normalized spacial score (nSPS) is 20.5. The summed E-state index contributed by atoms with van der Waals surface area (Å²) in [6.45, 7) is 5.99. The van der Waals surface area contributed by atoms with E-state index in [0.717, 1.165) is 25.2 Å². The fourth-order valence-electron chi connectivity index (χ4n) is 4.63. The standard InChI is InChI=1S/C26H28Cl2N2O5/c1-16-14-17(4-7-21(16)34-2)24(31)22-23(19-6-5-18(27)15-20(19)28)30(26(33)25(22)32)9-3-8-29-10-12-35-13-11-29/h4-7,14-15,23,31H,3,8-13H2,1-2H3/b24-22+/t23-/m1/s1. The van der Waals surface area contributed by atoms with Crippen LogP contribution in [-0.2, 0) is 14.3 Å². The van der Waals surface area contributed by atoms with Gasteiger partial charge in [0, 0.05) is 41.8 Å². The van der Waals surface area contributed by atoms with Crippen LogP contribution in [0, 0.1) is 6.92 Å². The van der Waals surface area contributed by atoms with E-state index in [1.165, 1.54) is 4.90 Å². The molecule has 7 nitrogen and oxygen atoms in total. The molecule has 2 fully saturated rings. The lowest BCUT2D eigenvalue weighted by molar-refractivity contribution is -0.140. The van der Waals surface area contributed by atoms with E-state index in [4.69, 9.17) is 32.7 Å². The number of hydrogen-bond acceptors (Lipinski definition) is 6. The molecule has 0 aromatic heterocycles. The molecule has 0 aliphatic carbocycles. The fourth-order valence-corrected chi connectivity index (χ4v) is 5.14. The minimum Gasteiger partial charge on any atom is -0.507 e. The lowest BCUT2D eigenvalue weighted by Gasteiger charge is -2.29. The third-order valence-corrected chi connectivity index (χ3v) is 7.00. The van der Waals surface area contributed by atoms with Gasteiger partial charge in [0.05, 0.1) is 31.9 Å². The summed E-state index contributed by atoms with van der Waals surface area (Å²) in [5.74, 6) is -0.989. The van der Waals surface area contributed by atoms with Gasteiger partial charge in [-0.1, -0.05) is 29.3 Å². The van der Waals surface area contributed by atoms with Crippen LogP contribution in [0.1, 0.15) is 29.2 Å². The van der Waals surface area contributed by atoms with Gasteiger partial charge in [-0.05, 0) is 54.8 Å². The zero-order valence-electron chi connectivity index (χ0n) is 19.7. The molecule has 1 amide bonds. The maximum Gasteiger partial charge on any atom is 0.295 e. The van der Waals surface area contributed by atoms with Crippen molar-refractivity contribution in [1.29, 1.82) is 0 Å². The Kier molecular flexibility index (Phi) is 8.02. The molecule has 2 heterocycles. The third-order valence-electron chi connectivity index (χ3n) is 6.44. The molecule has 35 heavy (non-hydrogen) atoms. The first-order chi connectivity index (χ1) is 16.8. The topological polar surface area (TPSA) is 79.3 Å². The highest BCUT2D eigenvalue weighted by atomic mass is 35.5. The van der Waals surface area contributed by atoms with Crippen molar-refractivity contribution < 1.29 is 24.2 Å². The van der Waals surface area contributed by atoms with E-state index in [1.54, 1.807) is 43.5 Å². The van der Waals surface area contributed by atoms with Crippen LogP contribution in [0.25, 0.3) is 5.76 Å². The van der Waals surface area contributed by atoms with Gasteiger partial charge in [-0.3, -0.25) is 14.5 Å². The van der Waals surface area contributed by atoms with Crippen LogP contribution < -0.4 is 4.74 Å². The Hall–Kier alpha value is -2.58. The van der Waals surface area contributed by atoms with Gasteiger partial charge in [0.25, 0.3) is 11.7 Å². The second kappa shape index (κ2) is 11.0. The number of carbonyl (C=O) groups excluding carboxylic acids is 2. The number of aliphatic hydroxyl groups is 1. The summed E-state index contributed by atoms with van der Waals surface area (Å²) in [5, 5.41) is 12.0. The number of halogens is 2. The number of morpholine rings is 1. The van der Waals surface area contributed by atoms with Crippen LogP contribution in [0.2, 0.25) is 10.0 Å². The number of nitrogens with zero attached hydrogens (tertiary/aromatic N) is 2. The van der Waals surface area contributed by atoms with Gasteiger partial charge in [0.2, 0.25) is 0 Å². The number of ether oxygens (including phenoxy) is 2. The number of benzene rings is 2. The zero-order valence-corrected chi connectivity index (χ0v) is 21.2. The monoisotopic (exact) mass is 518 g/mol. The fraction of sp³-hybridized carbons (Fsp3) is 0.385. The number of likely N-dealkylation sites (tertiary alicyclic amines) is 1. The van der Waals surface area contributed by atoms with Crippen LogP contribution in [0.4, 0.5) is 0 Å². The van der Waals surface area contributed by atoms with Gasteiger partial charge in [-0.15, -0.1) is 0 Å². The molecule has 1 N–H and O–H groups in total. The highest BCUT2D eigenvalue weighted by Gasteiger charge is 2.46. The summed E-state index contributed by atoms with van der Waals surface area (Å²) < 4.78 is 10.7. The molecule has 186 valence electrons. The Balaban J connectivity index is 1.72. The van der Waals surface area contributed by atoms with Crippen molar-refractivity contribution in [2.45, 2.75) is 19.4 Å². The van der Waals surface area contributed by atoms with Crippen LogP contribution in [0.3, 0.4) is 0 Å². The lowest BCUT2D eigenvalue weighted by Crippen LogP contribution is -2.39. The second-order valence-electron chi connectivity index (χ2n) is 8.65. The molecule has 2 aromatic rings. The zero-order chi connectivity index (χ0) is 25.1. The molecule has 0 radical (unpaired) electrons. The van der Waals surface area contributed by atoms with Crippen molar-refractivity contribution in [1.82, 2.24) is 9.80 Å². The SMILES string of the molecule is COc1ccc(/C(O)=C2\C(=O)C(=O)N(CCCN3CCOCC3)[C@@H]2c2ccc(Cl)cc2Cl)cc1C. The number of Topliss-reactive ketones (excluding diaryl/α,β-unsaturated/α-hetero) is 1. The second-order valence-corrected chi connectivity index (χ2v) is 9.49. The van der Waals surface area contributed by atoms with Crippen LogP contribution in [0.15, 0.2) is 42.0 Å². The molecule has 0 saturated carbocycles. The summed E-state index contributed by atoms with van der Waals surface area (Å²) in [5.41, 5.74) is 1.76. The summed E-state index contributed by atoms with van der Waals surface area (Å²) in [4.78, 5) is 30.2. The molecule has 2 aromatic carbocycles. The number of hydrogen-bond donors (Lipinski definition) is 1. The van der Waals surface area contributed by atoms with Crippen LogP contribution >= 0.6 is 23.2 Å². The number of methoxy groups -OCH3 is 1. The molecule has 0 spiro atoms. The highest BCUT2D eigenvalue weighted by Crippen LogP contribution is 2.42. The smallest absolute Gasteiger partial charge is 0.295 e.